The lowest BCUT2D eigenvalue weighted by Gasteiger charge is -2.34. The molecule has 0 radical (unpaired) electrons. The Balaban J connectivity index is 1.61. The summed E-state index contributed by atoms with van der Waals surface area (Å²) in [5, 5.41) is 3.61. The molecule has 0 aliphatic carbocycles. The first-order valence-electron chi connectivity index (χ1n) is 7.65. The Morgan fingerprint density at radius 1 is 1.16 bits per heavy atom. The van der Waals surface area contributed by atoms with Crippen LogP contribution in [0.2, 0.25) is 0 Å². The van der Waals surface area contributed by atoms with Gasteiger partial charge in [0.1, 0.15) is 0 Å². The maximum atomic E-state index is 5.81. The highest BCUT2D eigenvalue weighted by molar-refractivity contribution is 4.76. The SMILES string of the molecule is CCN1CCOC(CNC(C)CN2CCOCC2)C1. The van der Waals surface area contributed by atoms with Crippen molar-refractivity contribution in [2.75, 3.05) is 65.6 Å². The molecule has 0 spiro atoms. The maximum Gasteiger partial charge on any atom is 0.0826 e. The maximum absolute atomic E-state index is 5.81. The molecular weight excluding hydrogens is 242 g/mol. The molecule has 2 unspecified atom stereocenters. The predicted octanol–water partition coefficient (Wildman–Crippen LogP) is 0.0174. The number of ether oxygens (including phenoxy) is 2. The largest absolute Gasteiger partial charge is 0.379 e. The summed E-state index contributed by atoms with van der Waals surface area (Å²) in [5.41, 5.74) is 0. The van der Waals surface area contributed by atoms with E-state index in [1.165, 1.54) is 0 Å². The van der Waals surface area contributed by atoms with E-state index in [0.29, 0.717) is 12.1 Å². The molecule has 5 heteroatoms. The third-order valence-corrected chi connectivity index (χ3v) is 4.00. The third kappa shape index (κ3) is 5.36. The van der Waals surface area contributed by atoms with Crippen LogP contribution in [-0.4, -0.2) is 87.6 Å². The van der Waals surface area contributed by atoms with Crippen LogP contribution in [0.3, 0.4) is 0 Å². The van der Waals surface area contributed by atoms with Gasteiger partial charge in [-0.15, -0.1) is 0 Å². The molecule has 0 amide bonds. The normalized spacial score (nSPS) is 28.4. The number of morpholine rings is 2. The van der Waals surface area contributed by atoms with Gasteiger partial charge in [-0.05, 0) is 13.5 Å². The molecule has 0 aromatic heterocycles. The van der Waals surface area contributed by atoms with Gasteiger partial charge < -0.3 is 14.8 Å². The molecule has 0 saturated carbocycles. The Bertz CT molecular complexity index is 247. The highest BCUT2D eigenvalue weighted by Crippen LogP contribution is 2.04. The molecule has 2 saturated heterocycles. The van der Waals surface area contributed by atoms with Gasteiger partial charge in [-0.2, -0.15) is 0 Å². The average Bonchev–Trinajstić information content (AvgIpc) is 2.46. The first-order chi connectivity index (χ1) is 9.28. The molecule has 0 aromatic carbocycles. The number of nitrogens with zero attached hydrogens (tertiary/aromatic N) is 2. The van der Waals surface area contributed by atoms with E-state index in [2.05, 4.69) is 29.0 Å². The Morgan fingerprint density at radius 3 is 2.63 bits per heavy atom. The van der Waals surface area contributed by atoms with Crippen molar-refractivity contribution in [2.45, 2.75) is 26.0 Å². The average molecular weight is 271 g/mol. The van der Waals surface area contributed by atoms with E-state index in [4.69, 9.17) is 9.47 Å². The third-order valence-electron chi connectivity index (χ3n) is 4.00. The standard InChI is InChI=1S/C14H29N3O2/c1-3-16-6-9-19-14(12-16)10-15-13(2)11-17-4-7-18-8-5-17/h13-15H,3-12H2,1-2H3. The zero-order valence-electron chi connectivity index (χ0n) is 12.4. The fraction of sp³-hybridized carbons (Fsp3) is 1.00. The molecule has 0 aromatic rings. The molecule has 2 aliphatic heterocycles. The van der Waals surface area contributed by atoms with Crippen molar-refractivity contribution in [3.8, 4) is 0 Å². The second kappa shape index (κ2) is 8.17. The van der Waals surface area contributed by atoms with Gasteiger partial charge >= 0.3 is 0 Å². The van der Waals surface area contributed by atoms with Crippen LogP contribution >= 0.6 is 0 Å². The summed E-state index contributed by atoms with van der Waals surface area (Å²) >= 11 is 0. The van der Waals surface area contributed by atoms with E-state index in [1.807, 2.05) is 0 Å². The van der Waals surface area contributed by atoms with Crippen LogP contribution in [0, 0.1) is 0 Å². The van der Waals surface area contributed by atoms with Gasteiger partial charge in [0.15, 0.2) is 0 Å². The summed E-state index contributed by atoms with van der Waals surface area (Å²) in [6.07, 6.45) is 0.348. The monoisotopic (exact) mass is 271 g/mol. The minimum absolute atomic E-state index is 0.348. The van der Waals surface area contributed by atoms with Crippen molar-refractivity contribution in [2.24, 2.45) is 0 Å². The second-order valence-corrected chi connectivity index (χ2v) is 5.61. The number of rotatable bonds is 6. The van der Waals surface area contributed by atoms with Gasteiger partial charge in [-0.25, -0.2) is 0 Å². The molecule has 2 heterocycles. The summed E-state index contributed by atoms with van der Waals surface area (Å²) in [5.74, 6) is 0. The molecule has 112 valence electrons. The molecule has 0 bridgehead atoms. The van der Waals surface area contributed by atoms with E-state index in [9.17, 15) is 0 Å². The van der Waals surface area contributed by atoms with Crippen LogP contribution in [0.15, 0.2) is 0 Å². The molecule has 19 heavy (non-hydrogen) atoms. The summed E-state index contributed by atoms with van der Waals surface area (Å²) < 4.78 is 11.2. The highest BCUT2D eigenvalue weighted by Gasteiger charge is 2.20. The van der Waals surface area contributed by atoms with Gasteiger partial charge in [0, 0.05) is 45.3 Å². The number of hydrogen-bond acceptors (Lipinski definition) is 5. The lowest BCUT2D eigenvalue weighted by molar-refractivity contribution is -0.0271. The molecule has 2 rings (SSSR count). The van der Waals surface area contributed by atoms with Crippen molar-refractivity contribution in [3.05, 3.63) is 0 Å². The van der Waals surface area contributed by atoms with Crippen molar-refractivity contribution in [3.63, 3.8) is 0 Å². The fourth-order valence-corrected chi connectivity index (χ4v) is 2.76. The van der Waals surface area contributed by atoms with Crippen molar-refractivity contribution in [1.29, 1.82) is 0 Å². The van der Waals surface area contributed by atoms with Crippen LogP contribution in [0.4, 0.5) is 0 Å². The molecular formula is C14H29N3O2. The van der Waals surface area contributed by atoms with Crippen LogP contribution in [0.25, 0.3) is 0 Å². The van der Waals surface area contributed by atoms with Crippen LogP contribution in [-0.2, 0) is 9.47 Å². The minimum atomic E-state index is 0.348. The first-order valence-corrected chi connectivity index (χ1v) is 7.65. The van der Waals surface area contributed by atoms with Gasteiger partial charge in [-0.3, -0.25) is 9.80 Å². The molecule has 1 N–H and O–H groups in total. The summed E-state index contributed by atoms with van der Waals surface area (Å²) in [6.45, 7) is 14.6. The number of likely N-dealkylation sites (N-methyl/N-ethyl adjacent to an activating group) is 1. The Kier molecular flexibility index (Phi) is 6.53. The van der Waals surface area contributed by atoms with Gasteiger partial charge in [0.25, 0.3) is 0 Å². The van der Waals surface area contributed by atoms with Gasteiger partial charge in [0.2, 0.25) is 0 Å². The lowest BCUT2D eigenvalue weighted by Crippen LogP contribution is -2.50. The van der Waals surface area contributed by atoms with Crippen molar-refractivity contribution in [1.82, 2.24) is 15.1 Å². The molecule has 2 aliphatic rings. The Morgan fingerprint density at radius 2 is 1.89 bits per heavy atom. The summed E-state index contributed by atoms with van der Waals surface area (Å²) in [4.78, 5) is 4.93. The van der Waals surface area contributed by atoms with E-state index < -0.39 is 0 Å². The minimum Gasteiger partial charge on any atom is -0.379 e. The molecule has 5 nitrogen and oxygen atoms in total. The van der Waals surface area contributed by atoms with E-state index in [-0.39, 0.29) is 0 Å². The van der Waals surface area contributed by atoms with Crippen molar-refractivity contribution < 1.29 is 9.47 Å². The van der Waals surface area contributed by atoms with Gasteiger partial charge in [-0.1, -0.05) is 6.92 Å². The zero-order valence-corrected chi connectivity index (χ0v) is 12.4. The van der Waals surface area contributed by atoms with E-state index in [1.54, 1.807) is 0 Å². The quantitative estimate of drug-likeness (QED) is 0.737. The second-order valence-electron chi connectivity index (χ2n) is 5.61. The Labute approximate surface area is 117 Å². The van der Waals surface area contributed by atoms with Crippen LogP contribution in [0.5, 0.6) is 0 Å². The lowest BCUT2D eigenvalue weighted by atomic mass is 10.2. The van der Waals surface area contributed by atoms with E-state index in [0.717, 1.165) is 65.6 Å². The van der Waals surface area contributed by atoms with Crippen LogP contribution < -0.4 is 5.32 Å². The molecule has 2 fully saturated rings. The van der Waals surface area contributed by atoms with Gasteiger partial charge in [0.05, 0.1) is 25.9 Å². The van der Waals surface area contributed by atoms with Crippen molar-refractivity contribution >= 4 is 0 Å². The number of hydrogen-bond donors (Lipinski definition) is 1. The fourth-order valence-electron chi connectivity index (χ4n) is 2.76. The molecule has 2 atom stereocenters. The smallest absolute Gasteiger partial charge is 0.0826 e. The zero-order chi connectivity index (χ0) is 13.5. The Hall–Kier alpha value is -0.200. The predicted molar refractivity (Wildman–Crippen MR) is 76.6 cm³/mol. The van der Waals surface area contributed by atoms with E-state index >= 15 is 0 Å². The number of nitrogens with one attached hydrogen (secondary N) is 1. The van der Waals surface area contributed by atoms with Crippen LogP contribution in [0.1, 0.15) is 13.8 Å². The summed E-state index contributed by atoms with van der Waals surface area (Å²) in [6, 6.07) is 0.513. The summed E-state index contributed by atoms with van der Waals surface area (Å²) in [7, 11) is 0. The highest BCUT2D eigenvalue weighted by atomic mass is 16.5. The first kappa shape index (κ1) is 15.2. The topological polar surface area (TPSA) is 37.0 Å².